The van der Waals surface area contributed by atoms with Gasteiger partial charge in [-0.05, 0) is 25.1 Å². The van der Waals surface area contributed by atoms with Crippen LogP contribution < -0.4 is 10.9 Å². The van der Waals surface area contributed by atoms with E-state index in [9.17, 15) is 14.0 Å². The van der Waals surface area contributed by atoms with Crippen molar-refractivity contribution in [3.05, 3.63) is 46.3 Å². The third-order valence-electron chi connectivity index (χ3n) is 3.25. The Balaban J connectivity index is 1.74. The SMILES string of the molecule is Cc1nc2c(nc(SCC(=O)Nc3cccc(F)c3)n2C)c(=O)[nH]1. The van der Waals surface area contributed by atoms with Gasteiger partial charge in [0.25, 0.3) is 5.56 Å². The molecule has 124 valence electrons. The number of imidazole rings is 1. The summed E-state index contributed by atoms with van der Waals surface area (Å²) in [5.74, 6) is -0.145. The molecule has 0 aliphatic heterocycles. The van der Waals surface area contributed by atoms with Gasteiger partial charge in [0.2, 0.25) is 5.91 Å². The number of H-pyrrole nitrogens is 1. The Morgan fingerprint density at radius 2 is 2.21 bits per heavy atom. The Bertz CT molecular complexity index is 982. The molecule has 0 bridgehead atoms. The topological polar surface area (TPSA) is 92.7 Å². The number of carbonyl (C=O) groups excluding carboxylic acids is 1. The van der Waals surface area contributed by atoms with Crippen LogP contribution in [-0.4, -0.2) is 31.2 Å². The van der Waals surface area contributed by atoms with Crippen LogP contribution in [0.25, 0.3) is 11.2 Å². The average Bonchev–Trinajstić information content (AvgIpc) is 2.82. The third-order valence-corrected chi connectivity index (χ3v) is 4.28. The maximum Gasteiger partial charge on any atom is 0.279 e. The van der Waals surface area contributed by atoms with Crippen molar-refractivity contribution in [2.75, 3.05) is 11.1 Å². The van der Waals surface area contributed by atoms with E-state index in [1.165, 1.54) is 30.0 Å². The normalized spacial score (nSPS) is 11.0. The summed E-state index contributed by atoms with van der Waals surface area (Å²) in [6.45, 7) is 1.69. The molecule has 0 aliphatic carbocycles. The lowest BCUT2D eigenvalue weighted by Crippen LogP contribution is -2.14. The zero-order valence-corrected chi connectivity index (χ0v) is 13.8. The summed E-state index contributed by atoms with van der Waals surface area (Å²) in [5, 5.41) is 3.11. The van der Waals surface area contributed by atoms with E-state index in [1.807, 2.05) is 0 Å². The first-order chi connectivity index (χ1) is 11.4. The minimum Gasteiger partial charge on any atom is -0.325 e. The molecule has 2 aromatic heterocycles. The molecular formula is C15H14FN5O2S. The first kappa shape index (κ1) is 16.2. The lowest BCUT2D eigenvalue weighted by atomic mass is 10.3. The van der Waals surface area contributed by atoms with Gasteiger partial charge in [0.1, 0.15) is 11.6 Å². The standard InChI is InChI=1S/C15H14FN5O2S/c1-8-17-13-12(14(23)18-8)20-15(21(13)2)24-7-11(22)19-10-5-3-4-9(16)6-10/h3-6H,7H2,1-2H3,(H,19,22)(H,17,18,23). The molecule has 0 radical (unpaired) electrons. The second kappa shape index (κ2) is 6.44. The molecule has 2 heterocycles. The van der Waals surface area contributed by atoms with Crippen LogP contribution in [-0.2, 0) is 11.8 Å². The predicted molar refractivity (Wildman–Crippen MR) is 89.6 cm³/mol. The molecule has 0 unspecified atom stereocenters. The van der Waals surface area contributed by atoms with Gasteiger partial charge in [-0.15, -0.1) is 0 Å². The summed E-state index contributed by atoms with van der Waals surface area (Å²) in [6, 6.07) is 5.66. The van der Waals surface area contributed by atoms with Crippen LogP contribution >= 0.6 is 11.8 Å². The number of aromatic nitrogens is 4. The smallest absolute Gasteiger partial charge is 0.279 e. The Kier molecular flexibility index (Phi) is 4.34. The van der Waals surface area contributed by atoms with Crippen LogP contribution in [0.2, 0.25) is 0 Å². The largest absolute Gasteiger partial charge is 0.325 e. The van der Waals surface area contributed by atoms with Crippen molar-refractivity contribution in [2.24, 2.45) is 7.05 Å². The van der Waals surface area contributed by atoms with Crippen molar-refractivity contribution in [1.29, 1.82) is 0 Å². The van der Waals surface area contributed by atoms with E-state index in [0.717, 1.165) is 0 Å². The molecule has 3 rings (SSSR count). The molecule has 3 aromatic rings. The Labute approximate surface area is 140 Å². The summed E-state index contributed by atoms with van der Waals surface area (Å²) in [6.07, 6.45) is 0. The molecule has 1 aromatic carbocycles. The Morgan fingerprint density at radius 1 is 1.42 bits per heavy atom. The second-order valence-electron chi connectivity index (χ2n) is 5.12. The van der Waals surface area contributed by atoms with Gasteiger partial charge in [0, 0.05) is 12.7 Å². The number of anilines is 1. The predicted octanol–water partition coefficient (Wildman–Crippen LogP) is 1.83. The number of aryl methyl sites for hydroxylation is 2. The molecular weight excluding hydrogens is 333 g/mol. The van der Waals surface area contributed by atoms with E-state index < -0.39 is 5.82 Å². The second-order valence-corrected chi connectivity index (χ2v) is 6.07. The first-order valence-corrected chi connectivity index (χ1v) is 8.04. The van der Waals surface area contributed by atoms with Crippen molar-refractivity contribution < 1.29 is 9.18 Å². The van der Waals surface area contributed by atoms with E-state index in [2.05, 4.69) is 20.3 Å². The van der Waals surface area contributed by atoms with Gasteiger partial charge in [-0.3, -0.25) is 9.59 Å². The fourth-order valence-corrected chi connectivity index (χ4v) is 2.95. The summed E-state index contributed by atoms with van der Waals surface area (Å²) in [4.78, 5) is 34.9. The number of thioether (sulfide) groups is 1. The molecule has 0 saturated heterocycles. The van der Waals surface area contributed by atoms with Crippen LogP contribution in [0, 0.1) is 12.7 Å². The number of hydrogen-bond acceptors (Lipinski definition) is 5. The molecule has 0 saturated carbocycles. The van der Waals surface area contributed by atoms with Gasteiger partial charge in [-0.1, -0.05) is 17.8 Å². The summed E-state index contributed by atoms with van der Waals surface area (Å²) >= 11 is 1.17. The quantitative estimate of drug-likeness (QED) is 0.703. The lowest BCUT2D eigenvalue weighted by molar-refractivity contribution is -0.113. The van der Waals surface area contributed by atoms with E-state index in [1.54, 1.807) is 24.6 Å². The van der Waals surface area contributed by atoms with Crippen LogP contribution in [0.3, 0.4) is 0 Å². The molecule has 1 amide bonds. The van der Waals surface area contributed by atoms with Crippen molar-refractivity contribution in [2.45, 2.75) is 12.1 Å². The number of nitrogens with zero attached hydrogens (tertiary/aromatic N) is 3. The molecule has 24 heavy (non-hydrogen) atoms. The fraction of sp³-hybridized carbons (Fsp3) is 0.200. The minimum atomic E-state index is -0.420. The Morgan fingerprint density at radius 3 is 2.96 bits per heavy atom. The molecule has 2 N–H and O–H groups in total. The van der Waals surface area contributed by atoms with Crippen LogP contribution in [0.4, 0.5) is 10.1 Å². The number of rotatable bonds is 4. The Hall–Kier alpha value is -2.68. The lowest BCUT2D eigenvalue weighted by Gasteiger charge is -2.05. The molecule has 0 atom stereocenters. The van der Waals surface area contributed by atoms with E-state index in [0.29, 0.717) is 22.3 Å². The number of fused-ring (bicyclic) bond motifs is 1. The summed E-state index contributed by atoms with van der Waals surface area (Å²) in [5.41, 5.74) is 0.768. The number of benzene rings is 1. The summed E-state index contributed by atoms with van der Waals surface area (Å²) < 4.78 is 14.8. The number of amides is 1. The molecule has 0 aliphatic rings. The first-order valence-electron chi connectivity index (χ1n) is 7.05. The maximum absolute atomic E-state index is 13.1. The molecule has 9 heteroatoms. The number of hydrogen-bond donors (Lipinski definition) is 2. The van der Waals surface area contributed by atoms with Gasteiger partial charge in [-0.25, -0.2) is 14.4 Å². The van der Waals surface area contributed by atoms with Gasteiger partial charge < -0.3 is 14.9 Å². The number of nitrogens with one attached hydrogen (secondary N) is 2. The highest BCUT2D eigenvalue weighted by molar-refractivity contribution is 7.99. The summed E-state index contributed by atoms with van der Waals surface area (Å²) in [7, 11) is 1.73. The van der Waals surface area contributed by atoms with Gasteiger partial charge in [-0.2, -0.15) is 0 Å². The highest BCUT2D eigenvalue weighted by Gasteiger charge is 2.14. The zero-order chi connectivity index (χ0) is 17.3. The van der Waals surface area contributed by atoms with Gasteiger partial charge in [0.15, 0.2) is 16.3 Å². The van der Waals surface area contributed by atoms with Gasteiger partial charge in [0.05, 0.1) is 5.75 Å². The van der Waals surface area contributed by atoms with Crippen molar-refractivity contribution >= 4 is 34.5 Å². The molecule has 0 fully saturated rings. The third kappa shape index (κ3) is 3.30. The molecule has 7 nitrogen and oxygen atoms in total. The monoisotopic (exact) mass is 347 g/mol. The maximum atomic E-state index is 13.1. The van der Waals surface area contributed by atoms with E-state index in [4.69, 9.17) is 0 Å². The minimum absolute atomic E-state index is 0.0740. The zero-order valence-electron chi connectivity index (χ0n) is 13.0. The van der Waals surface area contributed by atoms with Gasteiger partial charge >= 0.3 is 0 Å². The van der Waals surface area contributed by atoms with Crippen molar-refractivity contribution in [1.82, 2.24) is 19.5 Å². The van der Waals surface area contributed by atoms with Crippen molar-refractivity contribution in [3.8, 4) is 0 Å². The van der Waals surface area contributed by atoms with E-state index in [-0.39, 0.29) is 22.7 Å². The highest BCUT2D eigenvalue weighted by Crippen LogP contribution is 2.20. The van der Waals surface area contributed by atoms with E-state index >= 15 is 0 Å². The van der Waals surface area contributed by atoms with Crippen molar-refractivity contribution in [3.63, 3.8) is 0 Å². The highest BCUT2D eigenvalue weighted by atomic mass is 32.2. The number of aromatic amines is 1. The number of carbonyl (C=O) groups is 1. The average molecular weight is 347 g/mol. The fourth-order valence-electron chi connectivity index (χ4n) is 2.18. The number of halogens is 1. The molecule has 0 spiro atoms. The van der Waals surface area contributed by atoms with Crippen LogP contribution in [0.15, 0.2) is 34.2 Å². The van der Waals surface area contributed by atoms with Crippen LogP contribution in [0.5, 0.6) is 0 Å². The van der Waals surface area contributed by atoms with Crippen LogP contribution in [0.1, 0.15) is 5.82 Å².